The highest BCUT2D eigenvalue weighted by Gasteiger charge is 2.13. The average molecular weight is 239 g/mol. The smallest absolute Gasteiger partial charge is 0.128 e. The Morgan fingerprint density at radius 2 is 2.19 bits per heavy atom. The topological polar surface area (TPSA) is 51.0 Å². The largest absolute Gasteiger partial charge is 0.496 e. The number of aromatic nitrogens is 1. The minimum absolute atomic E-state index is 0.619. The fraction of sp³-hybridized carbons (Fsp3) is 0.333. The zero-order valence-electron chi connectivity index (χ0n) is 9.43. The van der Waals surface area contributed by atoms with Gasteiger partial charge in [0.25, 0.3) is 0 Å². The van der Waals surface area contributed by atoms with Crippen LogP contribution in [0.3, 0.4) is 0 Å². The molecule has 0 saturated carbocycles. The molecule has 0 fully saturated rings. The number of benzene rings is 1. The van der Waals surface area contributed by atoms with E-state index in [-0.39, 0.29) is 0 Å². The highest BCUT2D eigenvalue weighted by molar-refractivity contribution is 6.35. The lowest BCUT2D eigenvalue weighted by atomic mass is 10.1. The molecule has 86 valence electrons. The molecule has 3 nitrogen and oxygen atoms in total. The number of halogens is 1. The van der Waals surface area contributed by atoms with Gasteiger partial charge in [-0.3, -0.25) is 0 Å². The van der Waals surface area contributed by atoms with Gasteiger partial charge in [0.1, 0.15) is 5.75 Å². The Bertz CT molecular complexity index is 519. The summed E-state index contributed by atoms with van der Waals surface area (Å²) in [6.45, 7) is 2.68. The lowest BCUT2D eigenvalue weighted by molar-refractivity contribution is 0.419. The molecule has 0 radical (unpaired) electrons. The summed E-state index contributed by atoms with van der Waals surface area (Å²) in [6, 6.07) is 3.72. The average Bonchev–Trinajstić information content (AvgIpc) is 2.60. The fourth-order valence-electron chi connectivity index (χ4n) is 2.01. The Kier molecular flexibility index (Phi) is 3.08. The third-order valence-corrected chi connectivity index (χ3v) is 3.15. The van der Waals surface area contributed by atoms with E-state index in [4.69, 9.17) is 22.1 Å². The number of nitrogens with two attached hydrogens (primary N) is 1. The van der Waals surface area contributed by atoms with Gasteiger partial charge in [-0.2, -0.15) is 0 Å². The zero-order valence-corrected chi connectivity index (χ0v) is 10.2. The van der Waals surface area contributed by atoms with Crippen molar-refractivity contribution in [3.8, 4) is 5.75 Å². The first-order valence-electron chi connectivity index (χ1n) is 5.22. The second-order valence-corrected chi connectivity index (χ2v) is 4.17. The number of methoxy groups -OCH3 is 1. The monoisotopic (exact) mass is 238 g/mol. The summed E-state index contributed by atoms with van der Waals surface area (Å²) in [5.74, 6) is 0.844. The summed E-state index contributed by atoms with van der Waals surface area (Å²) < 4.78 is 5.34. The van der Waals surface area contributed by atoms with Gasteiger partial charge in [-0.05, 0) is 31.2 Å². The predicted octanol–water partition coefficient (Wildman–Crippen LogP) is 2.64. The molecule has 0 aliphatic heterocycles. The third-order valence-electron chi connectivity index (χ3n) is 2.83. The molecule has 1 aromatic heterocycles. The van der Waals surface area contributed by atoms with Crippen molar-refractivity contribution < 1.29 is 4.74 Å². The summed E-state index contributed by atoms with van der Waals surface area (Å²) in [4.78, 5) is 3.32. The minimum atomic E-state index is 0.619. The standard InChI is InChI=1S/C12H15ClN2O/c1-7-9(5-6-14)15-12-8(13)3-4-10(16-2)11(7)12/h3-4,15H,5-6,14H2,1-2H3. The maximum absolute atomic E-state index is 6.15. The molecular formula is C12H15ClN2O. The number of ether oxygens (including phenoxy) is 1. The maximum Gasteiger partial charge on any atom is 0.128 e. The van der Waals surface area contributed by atoms with Crippen molar-refractivity contribution in [1.82, 2.24) is 4.98 Å². The first-order valence-corrected chi connectivity index (χ1v) is 5.60. The van der Waals surface area contributed by atoms with Crippen LogP contribution in [-0.2, 0) is 6.42 Å². The molecule has 2 aromatic rings. The molecular weight excluding hydrogens is 224 g/mol. The van der Waals surface area contributed by atoms with E-state index in [1.54, 1.807) is 7.11 Å². The van der Waals surface area contributed by atoms with Crippen LogP contribution in [0.5, 0.6) is 5.75 Å². The lowest BCUT2D eigenvalue weighted by Gasteiger charge is -2.03. The SMILES string of the molecule is COc1ccc(Cl)c2[nH]c(CCN)c(C)c12. The molecule has 0 bridgehead atoms. The summed E-state index contributed by atoms with van der Waals surface area (Å²) in [6.07, 6.45) is 0.819. The van der Waals surface area contributed by atoms with E-state index in [1.165, 1.54) is 5.56 Å². The van der Waals surface area contributed by atoms with E-state index < -0.39 is 0 Å². The van der Waals surface area contributed by atoms with Crippen LogP contribution in [0.25, 0.3) is 10.9 Å². The van der Waals surface area contributed by atoms with Gasteiger partial charge in [0, 0.05) is 17.5 Å². The Morgan fingerprint density at radius 1 is 1.44 bits per heavy atom. The number of hydrogen-bond acceptors (Lipinski definition) is 2. The van der Waals surface area contributed by atoms with Crippen LogP contribution >= 0.6 is 11.6 Å². The normalized spacial score (nSPS) is 11.0. The number of rotatable bonds is 3. The van der Waals surface area contributed by atoms with Gasteiger partial charge < -0.3 is 15.5 Å². The molecule has 4 heteroatoms. The summed E-state index contributed by atoms with van der Waals surface area (Å²) in [7, 11) is 1.66. The van der Waals surface area contributed by atoms with Crippen molar-refractivity contribution in [2.45, 2.75) is 13.3 Å². The van der Waals surface area contributed by atoms with Crippen LogP contribution < -0.4 is 10.5 Å². The van der Waals surface area contributed by atoms with E-state index in [2.05, 4.69) is 11.9 Å². The number of aryl methyl sites for hydroxylation is 1. The van der Waals surface area contributed by atoms with Gasteiger partial charge in [0.05, 0.1) is 17.6 Å². The molecule has 0 amide bonds. The molecule has 0 unspecified atom stereocenters. The van der Waals surface area contributed by atoms with Gasteiger partial charge >= 0.3 is 0 Å². The van der Waals surface area contributed by atoms with Crippen molar-refractivity contribution >= 4 is 22.5 Å². The van der Waals surface area contributed by atoms with E-state index in [0.717, 1.165) is 28.8 Å². The quantitative estimate of drug-likeness (QED) is 0.864. The molecule has 2 rings (SSSR count). The summed E-state index contributed by atoms with van der Waals surface area (Å²) in [5, 5.41) is 1.76. The van der Waals surface area contributed by atoms with E-state index >= 15 is 0 Å². The zero-order chi connectivity index (χ0) is 11.7. The third kappa shape index (κ3) is 1.66. The fourth-order valence-corrected chi connectivity index (χ4v) is 2.22. The molecule has 3 N–H and O–H groups in total. The molecule has 0 aliphatic rings. The predicted molar refractivity (Wildman–Crippen MR) is 67.4 cm³/mol. The molecule has 1 heterocycles. The van der Waals surface area contributed by atoms with Gasteiger partial charge in [-0.15, -0.1) is 0 Å². The number of aromatic amines is 1. The molecule has 0 aliphatic carbocycles. The van der Waals surface area contributed by atoms with Crippen molar-refractivity contribution in [3.63, 3.8) is 0 Å². The second-order valence-electron chi connectivity index (χ2n) is 3.77. The van der Waals surface area contributed by atoms with Gasteiger partial charge in [-0.1, -0.05) is 11.6 Å². The molecule has 16 heavy (non-hydrogen) atoms. The number of H-pyrrole nitrogens is 1. The Balaban J connectivity index is 2.73. The van der Waals surface area contributed by atoms with Crippen LogP contribution in [-0.4, -0.2) is 18.6 Å². The summed E-state index contributed by atoms with van der Waals surface area (Å²) >= 11 is 6.15. The molecule has 0 atom stereocenters. The van der Waals surface area contributed by atoms with Crippen molar-refractivity contribution in [3.05, 3.63) is 28.4 Å². The first kappa shape index (κ1) is 11.3. The van der Waals surface area contributed by atoms with E-state index in [1.807, 2.05) is 12.1 Å². The highest BCUT2D eigenvalue weighted by Crippen LogP contribution is 2.35. The van der Waals surface area contributed by atoms with Crippen molar-refractivity contribution in [1.29, 1.82) is 0 Å². The van der Waals surface area contributed by atoms with Gasteiger partial charge in [0.15, 0.2) is 0 Å². The highest BCUT2D eigenvalue weighted by atomic mass is 35.5. The van der Waals surface area contributed by atoms with Crippen molar-refractivity contribution in [2.75, 3.05) is 13.7 Å². The molecule has 0 saturated heterocycles. The van der Waals surface area contributed by atoms with Gasteiger partial charge in [-0.25, -0.2) is 0 Å². The second kappa shape index (κ2) is 4.36. The van der Waals surface area contributed by atoms with E-state index in [0.29, 0.717) is 11.6 Å². The minimum Gasteiger partial charge on any atom is -0.496 e. The van der Waals surface area contributed by atoms with Gasteiger partial charge in [0.2, 0.25) is 0 Å². The number of nitrogens with one attached hydrogen (secondary N) is 1. The first-order chi connectivity index (χ1) is 7.69. The number of fused-ring (bicyclic) bond motifs is 1. The summed E-state index contributed by atoms with van der Waals surface area (Å²) in [5.41, 5.74) is 8.80. The lowest BCUT2D eigenvalue weighted by Crippen LogP contribution is -2.03. The van der Waals surface area contributed by atoms with E-state index in [9.17, 15) is 0 Å². The Hall–Kier alpha value is -1.19. The Labute approximate surface area is 99.5 Å². The van der Waals surface area contributed by atoms with Crippen LogP contribution in [0.15, 0.2) is 12.1 Å². The van der Waals surface area contributed by atoms with Crippen LogP contribution in [0.4, 0.5) is 0 Å². The van der Waals surface area contributed by atoms with Crippen LogP contribution in [0.1, 0.15) is 11.3 Å². The van der Waals surface area contributed by atoms with Crippen LogP contribution in [0.2, 0.25) is 5.02 Å². The molecule has 0 spiro atoms. The Morgan fingerprint density at radius 3 is 2.81 bits per heavy atom. The van der Waals surface area contributed by atoms with Crippen molar-refractivity contribution in [2.24, 2.45) is 5.73 Å². The van der Waals surface area contributed by atoms with Crippen LogP contribution in [0, 0.1) is 6.92 Å². The molecule has 1 aromatic carbocycles. The number of hydrogen-bond donors (Lipinski definition) is 2. The maximum atomic E-state index is 6.15.